The highest BCUT2D eigenvalue weighted by Gasteiger charge is 2.27. The van der Waals surface area contributed by atoms with Crippen molar-refractivity contribution in [1.29, 1.82) is 0 Å². The summed E-state index contributed by atoms with van der Waals surface area (Å²) in [5.41, 5.74) is 3.68. The Kier molecular flexibility index (Phi) is 7.63. The fourth-order valence-corrected chi connectivity index (χ4v) is 4.48. The molecule has 0 spiro atoms. The lowest BCUT2D eigenvalue weighted by atomic mass is 10.1. The molecular formula is C29H33FN8O2. The van der Waals surface area contributed by atoms with Crippen LogP contribution in [0.25, 0.3) is 22.5 Å². The van der Waals surface area contributed by atoms with Crippen molar-refractivity contribution in [1.82, 2.24) is 29.6 Å². The molecule has 10 nitrogen and oxygen atoms in total. The first-order valence-electron chi connectivity index (χ1n) is 13.3. The number of nitrogens with zero attached hydrogens (tertiary/aromatic N) is 7. The Morgan fingerprint density at radius 2 is 1.90 bits per heavy atom. The van der Waals surface area contributed by atoms with Crippen LogP contribution in [-0.4, -0.2) is 67.5 Å². The number of carbonyl (C=O) groups excluding carboxylic acids is 1. The van der Waals surface area contributed by atoms with Gasteiger partial charge in [0.2, 0.25) is 5.95 Å². The SMILES string of the molecule is CCn1cc(-c2ccnc(Nc3ccc(N4CCN(C(=O)OC(C)(C)C)CC4)c(F)c3)n2)c(-c2cccnc2)n1. The van der Waals surface area contributed by atoms with Crippen molar-refractivity contribution in [2.24, 2.45) is 0 Å². The number of rotatable bonds is 6. The van der Waals surface area contributed by atoms with E-state index in [1.165, 1.54) is 6.07 Å². The van der Waals surface area contributed by atoms with Crippen LogP contribution >= 0.6 is 0 Å². The Bertz CT molecular complexity index is 1480. The van der Waals surface area contributed by atoms with Gasteiger partial charge in [-0.05, 0) is 64.1 Å². The Labute approximate surface area is 232 Å². The van der Waals surface area contributed by atoms with Crippen molar-refractivity contribution >= 4 is 23.4 Å². The number of anilines is 3. The van der Waals surface area contributed by atoms with Gasteiger partial charge in [-0.25, -0.2) is 19.2 Å². The molecule has 0 unspecified atom stereocenters. The molecule has 208 valence electrons. The van der Waals surface area contributed by atoms with Gasteiger partial charge in [-0.15, -0.1) is 0 Å². The first-order valence-corrected chi connectivity index (χ1v) is 13.3. The summed E-state index contributed by atoms with van der Waals surface area (Å²) < 4.78 is 22.5. The zero-order valence-electron chi connectivity index (χ0n) is 23.1. The van der Waals surface area contributed by atoms with E-state index >= 15 is 4.39 Å². The molecule has 5 rings (SSSR count). The number of benzene rings is 1. The number of ether oxygens (including phenoxy) is 1. The van der Waals surface area contributed by atoms with E-state index in [-0.39, 0.29) is 11.9 Å². The first kappa shape index (κ1) is 27.0. The maximum absolute atomic E-state index is 15.2. The predicted molar refractivity (Wildman–Crippen MR) is 152 cm³/mol. The molecular weight excluding hydrogens is 511 g/mol. The lowest BCUT2D eigenvalue weighted by Gasteiger charge is -2.36. The van der Waals surface area contributed by atoms with E-state index in [9.17, 15) is 4.79 Å². The van der Waals surface area contributed by atoms with Crippen LogP contribution < -0.4 is 10.2 Å². The van der Waals surface area contributed by atoms with Crippen LogP contribution in [-0.2, 0) is 11.3 Å². The van der Waals surface area contributed by atoms with E-state index in [1.54, 1.807) is 35.6 Å². The van der Waals surface area contributed by atoms with E-state index in [1.807, 2.05) is 61.7 Å². The number of carbonyl (C=O) groups is 1. The van der Waals surface area contributed by atoms with Gasteiger partial charge in [0.05, 0.1) is 11.4 Å². The van der Waals surface area contributed by atoms with E-state index in [2.05, 4.69) is 20.3 Å². The summed E-state index contributed by atoms with van der Waals surface area (Å²) in [6.45, 7) is 10.2. The van der Waals surface area contributed by atoms with Crippen LogP contribution in [0.3, 0.4) is 0 Å². The lowest BCUT2D eigenvalue weighted by molar-refractivity contribution is 0.0240. The van der Waals surface area contributed by atoms with Gasteiger partial charge in [-0.1, -0.05) is 0 Å². The molecule has 3 aromatic heterocycles. The summed E-state index contributed by atoms with van der Waals surface area (Å²) in [4.78, 5) is 29.2. The van der Waals surface area contributed by atoms with E-state index in [0.717, 1.165) is 16.8 Å². The number of pyridine rings is 1. The molecule has 1 fully saturated rings. The molecule has 1 N–H and O–H groups in total. The van der Waals surface area contributed by atoms with Crippen LogP contribution in [0.15, 0.2) is 61.2 Å². The normalized spacial score (nSPS) is 13.8. The molecule has 1 aromatic carbocycles. The summed E-state index contributed by atoms with van der Waals surface area (Å²) >= 11 is 0. The van der Waals surface area contributed by atoms with Gasteiger partial charge in [0.25, 0.3) is 0 Å². The largest absolute Gasteiger partial charge is 0.444 e. The third-order valence-electron chi connectivity index (χ3n) is 6.43. The Morgan fingerprint density at radius 3 is 2.58 bits per heavy atom. The minimum Gasteiger partial charge on any atom is -0.444 e. The smallest absolute Gasteiger partial charge is 0.410 e. The molecule has 1 aliphatic rings. The molecule has 0 bridgehead atoms. The zero-order chi connectivity index (χ0) is 28.3. The highest BCUT2D eigenvalue weighted by atomic mass is 19.1. The third kappa shape index (κ3) is 6.19. The standard InChI is InChI=1S/C29H33FN8O2/c1-5-38-19-22(26(35-38)20-7-6-11-31-18-20)24-10-12-32-27(34-24)33-21-8-9-25(23(30)17-21)36-13-15-37(16-14-36)28(39)40-29(2,3)4/h6-12,17-19H,5,13-16H2,1-4H3,(H,32,33,34). The van der Waals surface area contributed by atoms with E-state index in [0.29, 0.717) is 55.7 Å². The fourth-order valence-electron chi connectivity index (χ4n) is 4.48. The van der Waals surface area contributed by atoms with Gasteiger partial charge in [-0.2, -0.15) is 5.10 Å². The average molecular weight is 545 g/mol. The number of amides is 1. The molecule has 40 heavy (non-hydrogen) atoms. The summed E-state index contributed by atoms with van der Waals surface area (Å²) in [6, 6.07) is 10.6. The van der Waals surface area contributed by atoms with Crippen LogP contribution in [0.5, 0.6) is 0 Å². The summed E-state index contributed by atoms with van der Waals surface area (Å²) in [6.07, 6.45) is 6.76. The van der Waals surface area contributed by atoms with Crippen molar-refractivity contribution in [3.63, 3.8) is 0 Å². The molecule has 4 aromatic rings. The van der Waals surface area contributed by atoms with Crippen molar-refractivity contribution in [2.45, 2.75) is 39.8 Å². The maximum atomic E-state index is 15.2. The van der Waals surface area contributed by atoms with Crippen LogP contribution in [0.1, 0.15) is 27.7 Å². The molecule has 1 aliphatic heterocycles. The van der Waals surface area contributed by atoms with Gasteiger partial charge in [0.15, 0.2) is 0 Å². The maximum Gasteiger partial charge on any atom is 0.410 e. The number of piperazine rings is 1. The minimum absolute atomic E-state index is 0.344. The lowest BCUT2D eigenvalue weighted by Crippen LogP contribution is -2.50. The van der Waals surface area contributed by atoms with Crippen LogP contribution in [0.2, 0.25) is 0 Å². The number of hydrogen-bond acceptors (Lipinski definition) is 8. The average Bonchev–Trinajstić information content (AvgIpc) is 3.38. The molecule has 0 atom stereocenters. The summed E-state index contributed by atoms with van der Waals surface area (Å²) in [7, 11) is 0. The highest BCUT2D eigenvalue weighted by molar-refractivity contribution is 5.78. The van der Waals surface area contributed by atoms with Crippen LogP contribution in [0.4, 0.5) is 26.5 Å². The van der Waals surface area contributed by atoms with E-state index in [4.69, 9.17) is 9.84 Å². The van der Waals surface area contributed by atoms with Gasteiger partial charge in [0.1, 0.15) is 17.1 Å². The predicted octanol–water partition coefficient (Wildman–Crippen LogP) is 5.36. The second-order valence-electron chi connectivity index (χ2n) is 10.5. The third-order valence-corrected chi connectivity index (χ3v) is 6.43. The molecule has 1 saturated heterocycles. The first-order chi connectivity index (χ1) is 19.2. The molecule has 0 radical (unpaired) electrons. The van der Waals surface area contributed by atoms with Crippen molar-refractivity contribution in [2.75, 3.05) is 36.4 Å². The Balaban J connectivity index is 1.29. The van der Waals surface area contributed by atoms with Gasteiger partial charge in [-0.3, -0.25) is 9.67 Å². The molecule has 0 aliphatic carbocycles. The van der Waals surface area contributed by atoms with Gasteiger partial charge < -0.3 is 19.9 Å². The Morgan fingerprint density at radius 1 is 1.10 bits per heavy atom. The fraction of sp³-hybridized carbons (Fsp3) is 0.345. The van der Waals surface area contributed by atoms with Crippen molar-refractivity contribution in [3.8, 4) is 22.5 Å². The quantitative estimate of drug-likeness (QED) is 0.346. The molecule has 0 saturated carbocycles. The monoisotopic (exact) mass is 544 g/mol. The van der Waals surface area contributed by atoms with Crippen molar-refractivity contribution in [3.05, 3.63) is 67.0 Å². The number of aromatic nitrogens is 5. The summed E-state index contributed by atoms with van der Waals surface area (Å²) in [5.74, 6) is -0.0213. The molecule has 11 heteroatoms. The van der Waals surface area contributed by atoms with Gasteiger partial charge in [0, 0.05) is 74.3 Å². The number of hydrogen-bond donors (Lipinski definition) is 1. The Hall–Kier alpha value is -4.54. The van der Waals surface area contributed by atoms with E-state index < -0.39 is 5.60 Å². The number of aryl methyl sites for hydroxylation is 1. The number of nitrogens with one attached hydrogen (secondary N) is 1. The zero-order valence-corrected chi connectivity index (χ0v) is 23.1. The second kappa shape index (κ2) is 11.3. The highest BCUT2D eigenvalue weighted by Crippen LogP contribution is 2.31. The number of halogens is 1. The summed E-state index contributed by atoms with van der Waals surface area (Å²) in [5, 5.41) is 7.82. The van der Waals surface area contributed by atoms with Crippen molar-refractivity contribution < 1.29 is 13.9 Å². The molecule has 4 heterocycles. The molecule has 1 amide bonds. The van der Waals surface area contributed by atoms with Gasteiger partial charge >= 0.3 is 6.09 Å². The topological polar surface area (TPSA) is 101 Å². The van der Waals surface area contributed by atoms with Crippen LogP contribution in [0, 0.1) is 5.82 Å². The second-order valence-corrected chi connectivity index (χ2v) is 10.5. The minimum atomic E-state index is -0.550.